The Kier molecular flexibility index (Phi) is 5.37. The van der Waals surface area contributed by atoms with Crippen LogP contribution in [-0.4, -0.2) is 56.0 Å². The first-order valence-electron chi connectivity index (χ1n) is 6.24. The van der Waals surface area contributed by atoms with E-state index < -0.39 is 16.1 Å². The number of β-amino-alcohol motifs (C(OH)–C–C–N with tert-alkyl or cyclic N) is 1. The van der Waals surface area contributed by atoms with Crippen molar-refractivity contribution in [3.8, 4) is 0 Å². The summed E-state index contributed by atoms with van der Waals surface area (Å²) in [4.78, 5) is 2.12. The second-order valence-corrected chi connectivity index (χ2v) is 6.95. The van der Waals surface area contributed by atoms with Crippen LogP contribution in [0, 0.1) is 5.92 Å². The molecule has 0 bridgehead atoms. The molecular weight excluding hydrogens is 240 g/mol. The van der Waals surface area contributed by atoms with Gasteiger partial charge in [-0.3, -0.25) is 0 Å². The number of sulfonamides is 1. The lowest BCUT2D eigenvalue weighted by Crippen LogP contribution is -2.54. The first-order chi connectivity index (χ1) is 7.84. The standard InChI is InChI=1S/C11H24N2O3S/c1-4-13-6-5-10(11(14)7-13)12-17(15,16)8-9(2)3/h9-12,14H,4-8H2,1-3H3. The highest BCUT2D eigenvalue weighted by atomic mass is 32.2. The maximum absolute atomic E-state index is 11.8. The lowest BCUT2D eigenvalue weighted by atomic mass is 10.0. The number of likely N-dealkylation sites (tertiary alicyclic amines) is 1. The largest absolute Gasteiger partial charge is 0.390 e. The van der Waals surface area contributed by atoms with Gasteiger partial charge in [0.25, 0.3) is 0 Å². The second-order valence-electron chi connectivity index (χ2n) is 5.15. The normalized spacial score (nSPS) is 27.6. The summed E-state index contributed by atoms with van der Waals surface area (Å²) in [6.07, 6.45) is 0.0671. The van der Waals surface area contributed by atoms with Crippen LogP contribution >= 0.6 is 0 Å². The summed E-state index contributed by atoms with van der Waals surface area (Å²) in [5.41, 5.74) is 0. The van der Waals surface area contributed by atoms with Crippen molar-refractivity contribution in [2.75, 3.05) is 25.4 Å². The SMILES string of the molecule is CCN1CCC(NS(=O)(=O)CC(C)C)C(O)C1. The summed E-state index contributed by atoms with van der Waals surface area (Å²) in [7, 11) is -3.27. The zero-order valence-corrected chi connectivity index (χ0v) is 11.7. The number of rotatable bonds is 5. The maximum atomic E-state index is 11.8. The van der Waals surface area contributed by atoms with E-state index >= 15 is 0 Å². The van der Waals surface area contributed by atoms with Gasteiger partial charge in [0.05, 0.1) is 17.9 Å². The maximum Gasteiger partial charge on any atom is 0.212 e. The van der Waals surface area contributed by atoms with Crippen LogP contribution in [0.1, 0.15) is 27.2 Å². The Morgan fingerprint density at radius 2 is 2.12 bits per heavy atom. The minimum absolute atomic E-state index is 0.0976. The van der Waals surface area contributed by atoms with Crippen LogP contribution < -0.4 is 4.72 Å². The molecule has 1 aliphatic heterocycles. The molecule has 5 nitrogen and oxygen atoms in total. The molecule has 17 heavy (non-hydrogen) atoms. The van der Waals surface area contributed by atoms with Gasteiger partial charge >= 0.3 is 0 Å². The smallest absolute Gasteiger partial charge is 0.212 e. The van der Waals surface area contributed by atoms with Gasteiger partial charge in [-0.25, -0.2) is 13.1 Å². The Balaban J connectivity index is 2.52. The number of aliphatic hydroxyl groups is 1. The predicted octanol–water partition coefficient (Wildman–Crippen LogP) is 0.0169. The van der Waals surface area contributed by atoms with E-state index in [0.29, 0.717) is 13.0 Å². The van der Waals surface area contributed by atoms with E-state index in [1.165, 1.54) is 0 Å². The van der Waals surface area contributed by atoms with Crippen molar-refractivity contribution in [3.63, 3.8) is 0 Å². The van der Waals surface area contributed by atoms with Gasteiger partial charge in [0.1, 0.15) is 0 Å². The number of nitrogens with one attached hydrogen (secondary N) is 1. The highest BCUT2D eigenvalue weighted by Crippen LogP contribution is 2.12. The number of hydrogen-bond acceptors (Lipinski definition) is 4. The molecule has 0 aromatic carbocycles. The van der Waals surface area contributed by atoms with Crippen molar-refractivity contribution in [1.82, 2.24) is 9.62 Å². The Labute approximate surface area is 104 Å². The van der Waals surface area contributed by atoms with E-state index in [1.807, 2.05) is 20.8 Å². The van der Waals surface area contributed by atoms with Gasteiger partial charge in [0.15, 0.2) is 0 Å². The average molecular weight is 264 g/mol. The van der Waals surface area contributed by atoms with Gasteiger partial charge in [-0.2, -0.15) is 0 Å². The van der Waals surface area contributed by atoms with Crippen molar-refractivity contribution < 1.29 is 13.5 Å². The quantitative estimate of drug-likeness (QED) is 0.734. The summed E-state index contributed by atoms with van der Waals surface area (Å²) in [6, 6.07) is -0.332. The van der Waals surface area contributed by atoms with Gasteiger partial charge in [0.2, 0.25) is 10.0 Å². The molecule has 2 N–H and O–H groups in total. The van der Waals surface area contributed by atoms with Crippen LogP contribution in [0.2, 0.25) is 0 Å². The van der Waals surface area contributed by atoms with E-state index in [9.17, 15) is 13.5 Å². The minimum Gasteiger partial charge on any atom is -0.390 e. The highest BCUT2D eigenvalue weighted by molar-refractivity contribution is 7.89. The number of hydrogen-bond donors (Lipinski definition) is 2. The van der Waals surface area contributed by atoms with Gasteiger partial charge in [-0.15, -0.1) is 0 Å². The molecule has 1 saturated heterocycles. The molecule has 1 aliphatic rings. The molecule has 6 heteroatoms. The Morgan fingerprint density at radius 1 is 1.47 bits per heavy atom. The van der Waals surface area contributed by atoms with Gasteiger partial charge in [-0.05, 0) is 25.4 Å². The average Bonchev–Trinajstić information content (AvgIpc) is 2.18. The molecular formula is C11H24N2O3S. The van der Waals surface area contributed by atoms with E-state index in [4.69, 9.17) is 0 Å². The summed E-state index contributed by atoms with van der Waals surface area (Å²) in [6.45, 7) is 8.05. The van der Waals surface area contributed by atoms with Crippen LogP contribution in [0.15, 0.2) is 0 Å². The number of nitrogens with zero attached hydrogens (tertiary/aromatic N) is 1. The molecule has 2 atom stereocenters. The predicted molar refractivity (Wildman–Crippen MR) is 68.3 cm³/mol. The molecule has 102 valence electrons. The van der Waals surface area contributed by atoms with Crippen molar-refractivity contribution >= 4 is 10.0 Å². The van der Waals surface area contributed by atoms with Gasteiger partial charge in [0, 0.05) is 6.54 Å². The van der Waals surface area contributed by atoms with E-state index in [0.717, 1.165) is 13.1 Å². The number of aliphatic hydroxyl groups excluding tert-OH is 1. The Bertz CT molecular complexity index is 330. The molecule has 0 aromatic rings. The summed E-state index contributed by atoms with van der Waals surface area (Å²) in [5.74, 6) is 0.216. The fourth-order valence-electron chi connectivity index (χ4n) is 2.14. The molecule has 2 unspecified atom stereocenters. The molecule has 0 spiro atoms. The molecule has 0 aliphatic carbocycles. The Morgan fingerprint density at radius 3 is 2.59 bits per heavy atom. The highest BCUT2D eigenvalue weighted by Gasteiger charge is 2.30. The molecule has 0 aromatic heterocycles. The van der Waals surface area contributed by atoms with Crippen molar-refractivity contribution in [2.45, 2.75) is 39.3 Å². The monoisotopic (exact) mass is 264 g/mol. The number of piperidine rings is 1. The second kappa shape index (κ2) is 6.13. The van der Waals surface area contributed by atoms with Crippen LogP contribution in [-0.2, 0) is 10.0 Å². The van der Waals surface area contributed by atoms with Crippen molar-refractivity contribution in [2.24, 2.45) is 5.92 Å². The van der Waals surface area contributed by atoms with Crippen LogP contribution in [0.25, 0.3) is 0 Å². The van der Waals surface area contributed by atoms with Gasteiger partial charge in [-0.1, -0.05) is 20.8 Å². The van der Waals surface area contributed by atoms with E-state index in [-0.39, 0.29) is 17.7 Å². The lowest BCUT2D eigenvalue weighted by molar-refractivity contribution is 0.0507. The molecule has 0 amide bonds. The van der Waals surface area contributed by atoms with Gasteiger partial charge < -0.3 is 10.0 Å². The third-order valence-electron chi connectivity index (χ3n) is 3.00. The minimum atomic E-state index is -3.27. The Hall–Kier alpha value is -0.170. The number of likely N-dealkylation sites (N-methyl/N-ethyl adjacent to an activating group) is 1. The first-order valence-corrected chi connectivity index (χ1v) is 7.89. The van der Waals surface area contributed by atoms with Crippen molar-refractivity contribution in [1.29, 1.82) is 0 Å². The van der Waals surface area contributed by atoms with E-state index in [2.05, 4.69) is 9.62 Å². The summed E-state index contributed by atoms with van der Waals surface area (Å²) >= 11 is 0. The lowest BCUT2D eigenvalue weighted by Gasteiger charge is -2.35. The summed E-state index contributed by atoms with van der Waals surface area (Å²) < 4.78 is 26.2. The van der Waals surface area contributed by atoms with Crippen LogP contribution in [0.3, 0.4) is 0 Å². The molecule has 1 rings (SSSR count). The first kappa shape index (κ1) is 14.9. The molecule has 1 fully saturated rings. The molecule has 0 radical (unpaired) electrons. The van der Waals surface area contributed by atoms with E-state index in [1.54, 1.807) is 0 Å². The zero-order chi connectivity index (χ0) is 13.1. The molecule has 0 saturated carbocycles. The fourth-order valence-corrected chi connectivity index (χ4v) is 3.85. The molecule has 1 heterocycles. The third kappa shape index (κ3) is 4.91. The summed E-state index contributed by atoms with van der Waals surface area (Å²) in [5, 5.41) is 9.90. The van der Waals surface area contributed by atoms with Crippen molar-refractivity contribution in [3.05, 3.63) is 0 Å². The van der Waals surface area contributed by atoms with Crippen LogP contribution in [0.4, 0.5) is 0 Å². The third-order valence-corrected chi connectivity index (χ3v) is 4.76. The fraction of sp³-hybridized carbons (Fsp3) is 1.00. The van der Waals surface area contributed by atoms with Crippen LogP contribution in [0.5, 0.6) is 0 Å². The zero-order valence-electron chi connectivity index (χ0n) is 10.9. The topological polar surface area (TPSA) is 69.6 Å².